The van der Waals surface area contributed by atoms with E-state index in [1.165, 1.54) is 0 Å². The Kier molecular flexibility index (Phi) is 3.56. The van der Waals surface area contributed by atoms with E-state index >= 15 is 0 Å². The van der Waals surface area contributed by atoms with Crippen LogP contribution in [0.2, 0.25) is 0 Å². The predicted octanol–water partition coefficient (Wildman–Crippen LogP) is -0.305. The Morgan fingerprint density at radius 2 is 2.40 bits per heavy atom. The standard InChI is InChI=1S/C10H17NO4/c1-2-14-10(12)3-7-4-11-8-5-13-6-9(8)15-7/h7-9,11H,2-6H2,1H3/t7-,8+,9+/m1/s1. The highest BCUT2D eigenvalue weighted by Gasteiger charge is 2.36. The number of carbonyl (C=O) groups is 1. The summed E-state index contributed by atoms with van der Waals surface area (Å²) in [7, 11) is 0. The Bertz CT molecular complexity index is 233. The third-order valence-corrected chi connectivity index (χ3v) is 2.70. The highest BCUT2D eigenvalue weighted by atomic mass is 16.6. The van der Waals surface area contributed by atoms with Crippen LogP contribution in [0.1, 0.15) is 13.3 Å². The molecule has 1 N–H and O–H groups in total. The minimum absolute atomic E-state index is 0.0769. The van der Waals surface area contributed by atoms with Gasteiger partial charge in [-0.25, -0.2) is 0 Å². The summed E-state index contributed by atoms with van der Waals surface area (Å²) in [6, 6.07) is 0.295. The van der Waals surface area contributed by atoms with E-state index in [2.05, 4.69) is 5.32 Å². The fraction of sp³-hybridized carbons (Fsp3) is 0.900. The fourth-order valence-corrected chi connectivity index (χ4v) is 1.96. The molecule has 0 unspecified atom stereocenters. The molecule has 0 aromatic rings. The Morgan fingerprint density at radius 3 is 3.20 bits per heavy atom. The molecule has 0 spiro atoms. The Labute approximate surface area is 89.1 Å². The molecule has 0 aliphatic carbocycles. The van der Waals surface area contributed by atoms with Gasteiger partial charge in [-0.1, -0.05) is 0 Å². The summed E-state index contributed by atoms with van der Waals surface area (Å²) in [6.07, 6.45) is 0.342. The zero-order chi connectivity index (χ0) is 10.7. The van der Waals surface area contributed by atoms with Crippen molar-refractivity contribution in [2.24, 2.45) is 0 Å². The minimum Gasteiger partial charge on any atom is -0.466 e. The van der Waals surface area contributed by atoms with Crippen molar-refractivity contribution in [1.82, 2.24) is 5.32 Å². The maximum Gasteiger partial charge on any atom is 0.308 e. The van der Waals surface area contributed by atoms with Crippen molar-refractivity contribution < 1.29 is 19.0 Å². The molecule has 0 aromatic carbocycles. The molecular weight excluding hydrogens is 198 g/mol. The van der Waals surface area contributed by atoms with Crippen LogP contribution in [-0.2, 0) is 19.0 Å². The first-order valence-corrected chi connectivity index (χ1v) is 5.41. The van der Waals surface area contributed by atoms with Gasteiger partial charge in [0.2, 0.25) is 0 Å². The van der Waals surface area contributed by atoms with Crippen LogP contribution in [0.25, 0.3) is 0 Å². The van der Waals surface area contributed by atoms with Crippen molar-refractivity contribution in [3.8, 4) is 0 Å². The van der Waals surface area contributed by atoms with Gasteiger partial charge in [-0.2, -0.15) is 0 Å². The lowest BCUT2D eigenvalue weighted by Crippen LogP contribution is -2.52. The monoisotopic (exact) mass is 215 g/mol. The molecule has 15 heavy (non-hydrogen) atoms. The molecule has 0 bridgehead atoms. The smallest absolute Gasteiger partial charge is 0.308 e. The number of nitrogens with one attached hydrogen (secondary N) is 1. The van der Waals surface area contributed by atoms with Crippen LogP contribution in [0, 0.1) is 0 Å². The summed E-state index contributed by atoms with van der Waals surface area (Å²) in [5, 5.41) is 3.32. The largest absolute Gasteiger partial charge is 0.466 e. The van der Waals surface area contributed by atoms with E-state index in [0.29, 0.717) is 38.8 Å². The normalized spacial score (nSPS) is 34.9. The van der Waals surface area contributed by atoms with Gasteiger partial charge in [-0.05, 0) is 6.92 Å². The quantitative estimate of drug-likeness (QED) is 0.655. The average molecular weight is 215 g/mol. The topological polar surface area (TPSA) is 56.8 Å². The molecule has 5 heteroatoms. The van der Waals surface area contributed by atoms with Gasteiger partial charge in [0.25, 0.3) is 0 Å². The SMILES string of the molecule is CCOC(=O)C[C@@H]1CN[C@H]2COC[C@@H]2O1. The summed E-state index contributed by atoms with van der Waals surface area (Å²) in [4.78, 5) is 11.2. The maximum absolute atomic E-state index is 11.2. The van der Waals surface area contributed by atoms with Crippen LogP contribution in [0.4, 0.5) is 0 Å². The van der Waals surface area contributed by atoms with Crippen molar-refractivity contribution in [1.29, 1.82) is 0 Å². The summed E-state index contributed by atoms with van der Waals surface area (Å²) in [6.45, 7) is 4.25. The third kappa shape index (κ3) is 2.68. The van der Waals surface area contributed by atoms with Gasteiger partial charge in [0.15, 0.2) is 0 Å². The number of rotatable bonds is 3. The molecule has 2 rings (SSSR count). The number of morpholine rings is 1. The summed E-state index contributed by atoms with van der Waals surface area (Å²) < 4.78 is 15.9. The molecule has 2 aliphatic heterocycles. The van der Waals surface area contributed by atoms with E-state index in [0.717, 1.165) is 0 Å². The van der Waals surface area contributed by atoms with Crippen molar-refractivity contribution in [3.63, 3.8) is 0 Å². The van der Waals surface area contributed by atoms with Crippen molar-refractivity contribution in [2.75, 3.05) is 26.4 Å². The first-order chi connectivity index (χ1) is 7.29. The molecule has 0 aromatic heterocycles. The number of hydrogen-bond acceptors (Lipinski definition) is 5. The van der Waals surface area contributed by atoms with Gasteiger partial charge in [-0.3, -0.25) is 4.79 Å². The highest BCUT2D eigenvalue weighted by Crippen LogP contribution is 2.18. The molecule has 2 saturated heterocycles. The summed E-state index contributed by atoms with van der Waals surface area (Å²) in [5.74, 6) is -0.193. The number of ether oxygens (including phenoxy) is 3. The van der Waals surface area contributed by atoms with Crippen LogP contribution in [-0.4, -0.2) is 50.6 Å². The molecule has 2 aliphatic rings. The molecule has 5 nitrogen and oxygen atoms in total. The number of carbonyl (C=O) groups excluding carboxylic acids is 1. The van der Waals surface area contributed by atoms with Gasteiger partial charge in [0, 0.05) is 6.54 Å². The van der Waals surface area contributed by atoms with Crippen LogP contribution < -0.4 is 5.32 Å². The summed E-state index contributed by atoms with van der Waals surface area (Å²) in [5.41, 5.74) is 0. The molecule has 86 valence electrons. The second kappa shape index (κ2) is 4.92. The first-order valence-electron chi connectivity index (χ1n) is 5.41. The van der Waals surface area contributed by atoms with Gasteiger partial charge >= 0.3 is 5.97 Å². The molecule has 3 atom stereocenters. The molecule has 0 radical (unpaired) electrons. The van der Waals surface area contributed by atoms with E-state index in [-0.39, 0.29) is 18.2 Å². The van der Waals surface area contributed by atoms with Crippen molar-refractivity contribution in [2.45, 2.75) is 31.6 Å². The van der Waals surface area contributed by atoms with E-state index in [1.54, 1.807) is 6.92 Å². The van der Waals surface area contributed by atoms with Gasteiger partial charge < -0.3 is 19.5 Å². The number of fused-ring (bicyclic) bond motifs is 1. The zero-order valence-corrected chi connectivity index (χ0v) is 8.90. The third-order valence-electron chi connectivity index (χ3n) is 2.70. The van der Waals surface area contributed by atoms with Crippen LogP contribution in [0.5, 0.6) is 0 Å². The highest BCUT2D eigenvalue weighted by molar-refractivity contribution is 5.70. The summed E-state index contributed by atoms with van der Waals surface area (Å²) >= 11 is 0. The lowest BCUT2D eigenvalue weighted by molar-refractivity contribution is -0.149. The Morgan fingerprint density at radius 1 is 1.53 bits per heavy atom. The molecule has 0 amide bonds. The van der Waals surface area contributed by atoms with Crippen molar-refractivity contribution in [3.05, 3.63) is 0 Å². The number of hydrogen-bond donors (Lipinski definition) is 1. The lowest BCUT2D eigenvalue weighted by atomic mass is 10.1. The first kappa shape index (κ1) is 10.9. The Hall–Kier alpha value is -0.650. The van der Waals surface area contributed by atoms with Crippen molar-refractivity contribution >= 4 is 5.97 Å². The van der Waals surface area contributed by atoms with Crippen LogP contribution >= 0.6 is 0 Å². The molecule has 0 saturated carbocycles. The minimum atomic E-state index is -0.193. The molecule has 2 fully saturated rings. The van der Waals surface area contributed by atoms with E-state index in [1.807, 2.05) is 0 Å². The molecule has 2 heterocycles. The number of esters is 1. The lowest BCUT2D eigenvalue weighted by Gasteiger charge is -2.31. The van der Waals surface area contributed by atoms with Gasteiger partial charge in [0.1, 0.15) is 0 Å². The fourth-order valence-electron chi connectivity index (χ4n) is 1.96. The second-order valence-electron chi connectivity index (χ2n) is 3.86. The zero-order valence-electron chi connectivity index (χ0n) is 8.90. The van der Waals surface area contributed by atoms with Gasteiger partial charge in [-0.15, -0.1) is 0 Å². The van der Waals surface area contributed by atoms with E-state index in [4.69, 9.17) is 14.2 Å². The van der Waals surface area contributed by atoms with E-state index < -0.39 is 0 Å². The predicted molar refractivity (Wildman–Crippen MR) is 52.5 cm³/mol. The van der Waals surface area contributed by atoms with Crippen LogP contribution in [0.3, 0.4) is 0 Å². The Balaban J connectivity index is 1.77. The average Bonchev–Trinajstić information content (AvgIpc) is 2.65. The maximum atomic E-state index is 11.2. The molecular formula is C10H17NO4. The van der Waals surface area contributed by atoms with E-state index in [9.17, 15) is 4.79 Å². The second-order valence-corrected chi connectivity index (χ2v) is 3.86. The van der Waals surface area contributed by atoms with Crippen LogP contribution in [0.15, 0.2) is 0 Å². The van der Waals surface area contributed by atoms with Gasteiger partial charge in [0.05, 0.1) is 44.5 Å².